The summed E-state index contributed by atoms with van der Waals surface area (Å²) in [6.07, 6.45) is 5.51. The maximum atomic E-state index is 4.47. The maximum absolute atomic E-state index is 4.47. The Morgan fingerprint density at radius 3 is 2.61 bits per heavy atom. The monoisotopic (exact) mass is 305 g/mol. The highest BCUT2D eigenvalue weighted by molar-refractivity contribution is 9.10. The minimum Gasteiger partial charge on any atom is -0.353 e. The first-order valence-electron chi connectivity index (χ1n) is 5.96. The van der Waals surface area contributed by atoms with Gasteiger partial charge in [0.15, 0.2) is 0 Å². The highest BCUT2D eigenvalue weighted by Gasteiger charge is 2.08. The Morgan fingerprint density at radius 2 is 2.00 bits per heavy atom. The molecular formula is C14H16BrN3. The molecule has 0 saturated carbocycles. The molecular weight excluding hydrogens is 290 g/mol. The Labute approximate surface area is 116 Å². The van der Waals surface area contributed by atoms with Gasteiger partial charge in [0, 0.05) is 36.2 Å². The van der Waals surface area contributed by atoms with Crippen molar-refractivity contribution >= 4 is 21.7 Å². The molecule has 0 spiro atoms. The molecule has 2 aromatic heterocycles. The average Bonchev–Trinajstić information content (AvgIpc) is 2.40. The molecule has 0 atom stereocenters. The molecule has 0 bridgehead atoms. The largest absolute Gasteiger partial charge is 0.353 e. The van der Waals surface area contributed by atoms with Gasteiger partial charge in [-0.3, -0.25) is 4.98 Å². The molecule has 0 N–H and O–H groups in total. The number of hydrogen-bond donors (Lipinski definition) is 0. The van der Waals surface area contributed by atoms with Crippen LogP contribution in [0.1, 0.15) is 18.1 Å². The first-order chi connectivity index (χ1) is 8.70. The molecule has 0 fully saturated rings. The Bertz CT molecular complexity index is 514. The minimum atomic E-state index is 0.854. The van der Waals surface area contributed by atoms with Gasteiger partial charge in [-0.1, -0.05) is 0 Å². The molecule has 0 unspecified atom stereocenters. The second-order valence-corrected chi connectivity index (χ2v) is 5.02. The van der Waals surface area contributed by atoms with E-state index >= 15 is 0 Å². The SMILES string of the molecule is CCN(Cc1ccncc1)c1cc(C)c(Br)cn1. The smallest absolute Gasteiger partial charge is 0.129 e. The van der Waals surface area contributed by atoms with Gasteiger partial charge in [-0.05, 0) is 59.1 Å². The minimum absolute atomic E-state index is 0.854. The van der Waals surface area contributed by atoms with Crippen LogP contribution >= 0.6 is 15.9 Å². The van der Waals surface area contributed by atoms with Gasteiger partial charge >= 0.3 is 0 Å². The van der Waals surface area contributed by atoms with E-state index in [9.17, 15) is 0 Å². The zero-order valence-corrected chi connectivity index (χ0v) is 12.2. The van der Waals surface area contributed by atoms with Crippen LogP contribution in [0.5, 0.6) is 0 Å². The van der Waals surface area contributed by atoms with E-state index < -0.39 is 0 Å². The van der Waals surface area contributed by atoms with Gasteiger partial charge in [0.25, 0.3) is 0 Å². The number of aryl methyl sites for hydroxylation is 1. The van der Waals surface area contributed by atoms with Crippen LogP contribution in [0, 0.1) is 6.92 Å². The summed E-state index contributed by atoms with van der Waals surface area (Å²) < 4.78 is 1.05. The van der Waals surface area contributed by atoms with Crippen LogP contribution in [0.4, 0.5) is 5.82 Å². The van der Waals surface area contributed by atoms with Gasteiger partial charge in [-0.2, -0.15) is 0 Å². The van der Waals surface area contributed by atoms with Crippen molar-refractivity contribution in [1.29, 1.82) is 0 Å². The maximum Gasteiger partial charge on any atom is 0.129 e. The number of hydrogen-bond acceptors (Lipinski definition) is 3. The van der Waals surface area contributed by atoms with Gasteiger partial charge in [-0.15, -0.1) is 0 Å². The molecule has 0 aromatic carbocycles. The van der Waals surface area contributed by atoms with E-state index in [2.05, 4.69) is 50.7 Å². The van der Waals surface area contributed by atoms with E-state index in [1.807, 2.05) is 30.7 Å². The lowest BCUT2D eigenvalue weighted by Crippen LogP contribution is -2.23. The van der Waals surface area contributed by atoms with Gasteiger partial charge in [0.05, 0.1) is 0 Å². The summed E-state index contributed by atoms with van der Waals surface area (Å²) >= 11 is 3.48. The van der Waals surface area contributed by atoms with E-state index in [-0.39, 0.29) is 0 Å². The predicted octanol–water partition coefficient (Wildman–Crippen LogP) is 3.57. The van der Waals surface area contributed by atoms with Crippen LogP contribution in [0.3, 0.4) is 0 Å². The Balaban J connectivity index is 2.20. The van der Waals surface area contributed by atoms with Crippen molar-refractivity contribution in [3.8, 4) is 0 Å². The molecule has 3 nitrogen and oxygen atoms in total. The first kappa shape index (κ1) is 13.0. The van der Waals surface area contributed by atoms with E-state index in [0.717, 1.165) is 23.4 Å². The third-order valence-electron chi connectivity index (χ3n) is 2.86. The molecule has 0 aliphatic heterocycles. The number of anilines is 1. The normalized spacial score (nSPS) is 10.4. The van der Waals surface area contributed by atoms with Crippen molar-refractivity contribution < 1.29 is 0 Å². The molecule has 0 saturated heterocycles. The summed E-state index contributed by atoms with van der Waals surface area (Å²) in [5, 5.41) is 0. The van der Waals surface area contributed by atoms with Crippen molar-refractivity contribution in [2.24, 2.45) is 0 Å². The van der Waals surface area contributed by atoms with Gasteiger partial charge in [0.1, 0.15) is 5.82 Å². The number of pyridine rings is 2. The third-order valence-corrected chi connectivity index (χ3v) is 3.69. The summed E-state index contributed by atoms with van der Waals surface area (Å²) in [5.74, 6) is 1.01. The number of nitrogens with zero attached hydrogens (tertiary/aromatic N) is 3. The summed E-state index contributed by atoms with van der Waals surface area (Å²) in [4.78, 5) is 10.8. The fraction of sp³-hybridized carbons (Fsp3) is 0.286. The summed E-state index contributed by atoms with van der Waals surface area (Å²) in [6.45, 7) is 6.00. The van der Waals surface area contributed by atoms with Crippen LogP contribution in [0.15, 0.2) is 41.3 Å². The van der Waals surface area contributed by atoms with E-state index in [1.165, 1.54) is 11.1 Å². The number of aromatic nitrogens is 2. The molecule has 18 heavy (non-hydrogen) atoms. The van der Waals surface area contributed by atoms with E-state index in [4.69, 9.17) is 0 Å². The second kappa shape index (κ2) is 5.96. The number of halogens is 1. The summed E-state index contributed by atoms with van der Waals surface area (Å²) in [5.41, 5.74) is 2.45. The highest BCUT2D eigenvalue weighted by atomic mass is 79.9. The molecule has 94 valence electrons. The lowest BCUT2D eigenvalue weighted by molar-refractivity contribution is 0.811. The second-order valence-electron chi connectivity index (χ2n) is 4.16. The topological polar surface area (TPSA) is 29.0 Å². The molecule has 0 aliphatic rings. The lowest BCUT2D eigenvalue weighted by Gasteiger charge is -2.22. The Kier molecular flexibility index (Phi) is 4.31. The molecule has 2 heterocycles. The van der Waals surface area contributed by atoms with E-state index in [0.29, 0.717) is 0 Å². The zero-order valence-electron chi connectivity index (χ0n) is 10.6. The van der Waals surface area contributed by atoms with Crippen molar-refractivity contribution in [2.75, 3.05) is 11.4 Å². The molecule has 4 heteroatoms. The number of rotatable bonds is 4. The Hall–Kier alpha value is -1.42. The van der Waals surface area contributed by atoms with Crippen molar-refractivity contribution in [1.82, 2.24) is 9.97 Å². The van der Waals surface area contributed by atoms with Crippen LogP contribution in [0.2, 0.25) is 0 Å². The highest BCUT2D eigenvalue weighted by Crippen LogP contribution is 2.21. The quantitative estimate of drug-likeness (QED) is 0.864. The molecule has 0 amide bonds. The van der Waals surface area contributed by atoms with Gasteiger partial charge in [0.2, 0.25) is 0 Å². The van der Waals surface area contributed by atoms with Crippen LogP contribution < -0.4 is 4.90 Å². The van der Waals surface area contributed by atoms with Crippen molar-refractivity contribution in [2.45, 2.75) is 20.4 Å². The molecule has 2 rings (SSSR count). The standard InChI is InChI=1S/C14H16BrN3/c1-3-18(10-12-4-6-16-7-5-12)14-8-11(2)13(15)9-17-14/h4-9H,3,10H2,1-2H3. The Morgan fingerprint density at radius 1 is 1.28 bits per heavy atom. The van der Waals surface area contributed by atoms with Crippen molar-refractivity contribution in [3.05, 3.63) is 52.4 Å². The fourth-order valence-corrected chi connectivity index (χ4v) is 1.98. The summed E-state index contributed by atoms with van der Waals surface area (Å²) in [7, 11) is 0. The lowest BCUT2D eigenvalue weighted by atomic mass is 10.2. The summed E-state index contributed by atoms with van der Waals surface area (Å²) in [6, 6.07) is 6.18. The third kappa shape index (κ3) is 3.07. The van der Waals surface area contributed by atoms with Gasteiger partial charge in [-0.25, -0.2) is 4.98 Å². The first-order valence-corrected chi connectivity index (χ1v) is 6.76. The fourth-order valence-electron chi connectivity index (χ4n) is 1.76. The predicted molar refractivity (Wildman–Crippen MR) is 77.6 cm³/mol. The average molecular weight is 306 g/mol. The molecule has 0 aliphatic carbocycles. The van der Waals surface area contributed by atoms with Crippen LogP contribution in [0.25, 0.3) is 0 Å². The zero-order chi connectivity index (χ0) is 13.0. The molecule has 0 radical (unpaired) electrons. The molecule has 2 aromatic rings. The van der Waals surface area contributed by atoms with Crippen molar-refractivity contribution in [3.63, 3.8) is 0 Å². The van der Waals surface area contributed by atoms with Gasteiger partial charge < -0.3 is 4.90 Å². The van der Waals surface area contributed by atoms with E-state index in [1.54, 1.807) is 0 Å². The van der Waals surface area contributed by atoms with Crippen LogP contribution in [-0.4, -0.2) is 16.5 Å². The van der Waals surface area contributed by atoms with Crippen LogP contribution in [-0.2, 0) is 6.54 Å².